The maximum absolute atomic E-state index is 11.8. The van der Waals surface area contributed by atoms with Crippen molar-refractivity contribution < 1.29 is 9.59 Å². The number of hydrogen-bond acceptors (Lipinski definition) is 3. The minimum Gasteiger partial charge on any atom is -0.348 e. The number of hydrogen-bond donors (Lipinski definition) is 2. The molecule has 4 heteroatoms. The van der Waals surface area contributed by atoms with Gasteiger partial charge in [0, 0.05) is 0 Å². The van der Waals surface area contributed by atoms with Gasteiger partial charge < -0.3 is 10.6 Å². The number of Topliss-reactive ketones (excluding diaryl/α,β-unsaturated/α-hetero) is 1. The van der Waals surface area contributed by atoms with Crippen LogP contribution in [0.1, 0.15) is 12.5 Å². The second-order valence-corrected chi connectivity index (χ2v) is 3.95. The number of carbonyl (C=O) groups is 2. The van der Waals surface area contributed by atoms with Crippen LogP contribution in [0.2, 0.25) is 0 Å². The molecule has 0 aliphatic heterocycles. The summed E-state index contributed by atoms with van der Waals surface area (Å²) in [6.45, 7) is 1.54. The summed E-state index contributed by atoms with van der Waals surface area (Å²) in [4.78, 5) is 22.5. The highest BCUT2D eigenvalue weighted by molar-refractivity contribution is 5.87. The minimum atomic E-state index is -0.309. The smallest absolute Gasteiger partial charge is 0.237 e. The fourth-order valence-corrected chi connectivity index (χ4v) is 1.51. The van der Waals surface area contributed by atoms with E-state index in [4.69, 9.17) is 0 Å². The van der Waals surface area contributed by atoms with Gasteiger partial charge in [0.2, 0.25) is 5.91 Å². The first kappa shape index (κ1) is 13.4. The molecule has 4 nitrogen and oxygen atoms in total. The molecule has 1 atom stereocenters. The number of amides is 1. The van der Waals surface area contributed by atoms with Crippen LogP contribution < -0.4 is 10.6 Å². The summed E-state index contributed by atoms with van der Waals surface area (Å²) >= 11 is 0. The standard InChI is InChI=1S/C13H18N2O2/c1-10(16)9-15-13(17)12(14-2)8-11-6-4-3-5-7-11/h3-7,12,14H,8-9H2,1-2H3,(H,15,17)/t12-/m1/s1. The van der Waals surface area contributed by atoms with E-state index in [1.165, 1.54) is 6.92 Å². The third-order valence-electron chi connectivity index (χ3n) is 2.46. The molecule has 0 bridgehead atoms. The van der Waals surface area contributed by atoms with Crippen molar-refractivity contribution in [1.82, 2.24) is 10.6 Å². The molecule has 0 aliphatic rings. The number of nitrogens with one attached hydrogen (secondary N) is 2. The van der Waals surface area contributed by atoms with Gasteiger partial charge in [-0.3, -0.25) is 9.59 Å². The Bertz CT molecular complexity index is 376. The van der Waals surface area contributed by atoms with Gasteiger partial charge in [-0.1, -0.05) is 30.3 Å². The Morgan fingerprint density at radius 3 is 2.41 bits per heavy atom. The molecule has 0 spiro atoms. The molecule has 0 unspecified atom stereocenters. The molecule has 1 amide bonds. The third kappa shape index (κ3) is 4.78. The molecule has 1 aromatic rings. The summed E-state index contributed by atoms with van der Waals surface area (Å²) < 4.78 is 0. The van der Waals surface area contributed by atoms with E-state index in [0.717, 1.165) is 5.56 Å². The van der Waals surface area contributed by atoms with Crippen LogP contribution in [0.3, 0.4) is 0 Å². The first-order valence-corrected chi connectivity index (χ1v) is 5.62. The molecule has 0 aliphatic carbocycles. The molecule has 2 N–H and O–H groups in total. The molecular weight excluding hydrogens is 216 g/mol. The second-order valence-electron chi connectivity index (χ2n) is 3.95. The Hall–Kier alpha value is -1.68. The third-order valence-corrected chi connectivity index (χ3v) is 2.46. The summed E-state index contributed by atoms with van der Waals surface area (Å²) in [5.74, 6) is -0.195. The molecule has 0 fully saturated rings. The predicted molar refractivity (Wildman–Crippen MR) is 66.7 cm³/mol. The van der Waals surface area contributed by atoms with E-state index in [1.54, 1.807) is 7.05 Å². The summed E-state index contributed by atoms with van der Waals surface area (Å²) in [6, 6.07) is 9.46. The van der Waals surface area contributed by atoms with Crippen molar-refractivity contribution in [2.24, 2.45) is 0 Å². The van der Waals surface area contributed by atoms with Crippen LogP contribution in [0.4, 0.5) is 0 Å². The van der Waals surface area contributed by atoms with Crippen molar-refractivity contribution in [3.05, 3.63) is 35.9 Å². The topological polar surface area (TPSA) is 58.2 Å². The van der Waals surface area contributed by atoms with Gasteiger partial charge in [-0.05, 0) is 26.0 Å². The monoisotopic (exact) mass is 234 g/mol. The number of carbonyl (C=O) groups excluding carboxylic acids is 2. The van der Waals surface area contributed by atoms with Crippen LogP contribution in [0, 0.1) is 0 Å². The molecule has 0 aromatic heterocycles. The Morgan fingerprint density at radius 1 is 1.24 bits per heavy atom. The van der Waals surface area contributed by atoms with E-state index >= 15 is 0 Å². The lowest BCUT2D eigenvalue weighted by molar-refractivity contribution is -0.125. The van der Waals surface area contributed by atoms with Crippen molar-refractivity contribution in [2.75, 3.05) is 13.6 Å². The van der Waals surface area contributed by atoms with Gasteiger partial charge in [0.15, 0.2) is 0 Å². The lowest BCUT2D eigenvalue weighted by atomic mass is 10.1. The summed E-state index contributed by atoms with van der Waals surface area (Å²) in [5.41, 5.74) is 1.09. The largest absolute Gasteiger partial charge is 0.348 e. The van der Waals surface area contributed by atoms with Crippen LogP contribution in [0.5, 0.6) is 0 Å². The zero-order valence-corrected chi connectivity index (χ0v) is 10.2. The number of rotatable bonds is 6. The van der Waals surface area contributed by atoms with E-state index in [1.807, 2.05) is 30.3 Å². The predicted octanol–water partition coefficient (Wildman–Crippen LogP) is 0.522. The quantitative estimate of drug-likeness (QED) is 0.754. The minimum absolute atomic E-state index is 0.0482. The zero-order chi connectivity index (χ0) is 12.7. The fourth-order valence-electron chi connectivity index (χ4n) is 1.51. The molecule has 17 heavy (non-hydrogen) atoms. The van der Waals surface area contributed by atoms with Gasteiger partial charge in [-0.15, -0.1) is 0 Å². The van der Waals surface area contributed by atoms with E-state index in [2.05, 4.69) is 10.6 Å². The van der Waals surface area contributed by atoms with E-state index < -0.39 is 0 Å². The normalized spacial score (nSPS) is 11.9. The van der Waals surface area contributed by atoms with Crippen molar-refractivity contribution in [1.29, 1.82) is 0 Å². The van der Waals surface area contributed by atoms with Gasteiger partial charge >= 0.3 is 0 Å². The molecular formula is C13H18N2O2. The van der Waals surface area contributed by atoms with Gasteiger partial charge in [0.1, 0.15) is 5.78 Å². The highest BCUT2D eigenvalue weighted by atomic mass is 16.2. The Balaban J connectivity index is 2.53. The van der Waals surface area contributed by atoms with Gasteiger partial charge in [-0.25, -0.2) is 0 Å². The first-order chi connectivity index (χ1) is 8.13. The molecule has 0 radical (unpaired) electrons. The zero-order valence-electron chi connectivity index (χ0n) is 10.2. The number of ketones is 1. The van der Waals surface area contributed by atoms with E-state index in [0.29, 0.717) is 6.42 Å². The Morgan fingerprint density at radius 2 is 1.88 bits per heavy atom. The van der Waals surface area contributed by atoms with E-state index in [9.17, 15) is 9.59 Å². The van der Waals surface area contributed by atoms with Gasteiger partial charge in [0.05, 0.1) is 12.6 Å². The van der Waals surface area contributed by atoms with Crippen molar-refractivity contribution >= 4 is 11.7 Å². The highest BCUT2D eigenvalue weighted by Crippen LogP contribution is 2.02. The molecule has 0 saturated heterocycles. The van der Waals surface area contributed by atoms with Crippen LogP contribution in [0.15, 0.2) is 30.3 Å². The fraction of sp³-hybridized carbons (Fsp3) is 0.385. The lowest BCUT2D eigenvalue weighted by Gasteiger charge is -2.15. The maximum atomic E-state index is 11.8. The van der Waals surface area contributed by atoms with E-state index in [-0.39, 0.29) is 24.3 Å². The number of likely N-dealkylation sites (N-methyl/N-ethyl adjacent to an activating group) is 1. The SMILES string of the molecule is CN[C@H](Cc1ccccc1)C(=O)NCC(C)=O. The Kier molecular flexibility index (Phi) is 5.36. The van der Waals surface area contributed by atoms with Crippen molar-refractivity contribution in [2.45, 2.75) is 19.4 Å². The summed E-state index contributed by atoms with van der Waals surface area (Å²) in [7, 11) is 1.74. The van der Waals surface area contributed by atoms with Gasteiger partial charge in [-0.2, -0.15) is 0 Å². The average Bonchev–Trinajstić information content (AvgIpc) is 2.34. The molecule has 1 rings (SSSR count). The average molecular weight is 234 g/mol. The molecule has 0 saturated carbocycles. The van der Waals surface area contributed by atoms with Crippen molar-refractivity contribution in [3.63, 3.8) is 0 Å². The maximum Gasteiger partial charge on any atom is 0.237 e. The second kappa shape index (κ2) is 6.81. The molecule has 0 heterocycles. The highest BCUT2D eigenvalue weighted by Gasteiger charge is 2.16. The Labute approximate surface area is 101 Å². The summed E-state index contributed by atoms with van der Waals surface area (Å²) in [6.07, 6.45) is 0.612. The lowest BCUT2D eigenvalue weighted by Crippen LogP contribution is -2.45. The van der Waals surface area contributed by atoms with Gasteiger partial charge in [0.25, 0.3) is 0 Å². The van der Waals surface area contributed by atoms with Crippen LogP contribution in [0.25, 0.3) is 0 Å². The summed E-state index contributed by atoms with van der Waals surface area (Å²) in [5, 5.41) is 5.55. The first-order valence-electron chi connectivity index (χ1n) is 5.62. The van der Waals surface area contributed by atoms with Crippen LogP contribution in [-0.4, -0.2) is 31.3 Å². The molecule has 1 aromatic carbocycles. The van der Waals surface area contributed by atoms with Crippen LogP contribution in [-0.2, 0) is 16.0 Å². The molecule has 92 valence electrons. The van der Waals surface area contributed by atoms with Crippen LogP contribution >= 0.6 is 0 Å². The number of benzene rings is 1. The van der Waals surface area contributed by atoms with Crippen molar-refractivity contribution in [3.8, 4) is 0 Å².